The van der Waals surface area contributed by atoms with E-state index in [0.29, 0.717) is 5.69 Å². The summed E-state index contributed by atoms with van der Waals surface area (Å²) in [5.74, 6) is -0.959. The smallest absolute Gasteiger partial charge is 0.330 e. The summed E-state index contributed by atoms with van der Waals surface area (Å²) in [7, 11) is 1.39. The lowest BCUT2D eigenvalue weighted by Crippen LogP contribution is -2.44. The number of H-pyrrole nitrogens is 1. The molecule has 2 heterocycles. The molecular weight excluding hydrogens is 448 g/mol. The van der Waals surface area contributed by atoms with E-state index in [1.54, 1.807) is 0 Å². The molecule has 1 aromatic heterocycles. The maximum absolute atomic E-state index is 13.4. The molecular formula is C25H26N6O4. The topological polar surface area (TPSA) is 134 Å². The normalized spacial score (nSPS) is 13.5. The van der Waals surface area contributed by atoms with Gasteiger partial charge in [-0.05, 0) is 36.6 Å². The van der Waals surface area contributed by atoms with Gasteiger partial charge in [0, 0.05) is 19.9 Å². The van der Waals surface area contributed by atoms with Crippen LogP contribution >= 0.6 is 0 Å². The maximum Gasteiger partial charge on any atom is 0.330 e. The van der Waals surface area contributed by atoms with Gasteiger partial charge in [-0.1, -0.05) is 42.5 Å². The monoisotopic (exact) mass is 474 g/mol. The second kappa shape index (κ2) is 9.41. The lowest BCUT2D eigenvalue weighted by atomic mass is 10.1. The maximum atomic E-state index is 13.4. The molecule has 0 aliphatic carbocycles. The van der Waals surface area contributed by atoms with E-state index in [1.807, 2.05) is 62.4 Å². The number of hydrogen-bond acceptors (Lipinski definition) is 6. The van der Waals surface area contributed by atoms with Crippen LogP contribution in [0.4, 0.5) is 17.2 Å². The Morgan fingerprint density at radius 1 is 1.09 bits per heavy atom. The number of rotatable bonds is 5. The Morgan fingerprint density at radius 2 is 1.80 bits per heavy atom. The summed E-state index contributed by atoms with van der Waals surface area (Å²) in [6.45, 7) is 3.88. The number of aryl methyl sites for hydroxylation is 2. The Balaban J connectivity index is 1.71. The molecule has 35 heavy (non-hydrogen) atoms. The molecule has 0 atom stereocenters. The van der Waals surface area contributed by atoms with Crippen LogP contribution in [0.1, 0.15) is 29.5 Å². The zero-order chi connectivity index (χ0) is 25.3. The molecule has 3 aromatic rings. The number of aromatic amines is 1. The van der Waals surface area contributed by atoms with E-state index in [4.69, 9.17) is 5.73 Å². The first-order valence-electron chi connectivity index (χ1n) is 11.1. The molecule has 0 fully saturated rings. The van der Waals surface area contributed by atoms with Crippen LogP contribution < -0.4 is 26.9 Å². The standard InChI is InChI=1S/C25H26N6O4/c1-15-9-10-16(2)19(13-15)31-20(32)12-11-18(28-31)24(34)29(3)21-22(26)30(25(35)27-23(21)33)14-17-7-5-4-6-8-17/h4-10,13H,11-12,14,26H2,1-3H3,(H,27,33,35). The third-order valence-electron chi connectivity index (χ3n) is 5.91. The summed E-state index contributed by atoms with van der Waals surface area (Å²) in [4.78, 5) is 54.4. The van der Waals surface area contributed by atoms with Gasteiger partial charge in [-0.25, -0.2) is 9.80 Å². The molecule has 180 valence electrons. The lowest BCUT2D eigenvalue weighted by molar-refractivity contribution is -0.118. The largest absolute Gasteiger partial charge is 0.383 e. The molecule has 1 aliphatic heterocycles. The molecule has 0 bridgehead atoms. The fraction of sp³-hybridized carbons (Fsp3) is 0.240. The fourth-order valence-electron chi connectivity index (χ4n) is 3.96. The van der Waals surface area contributed by atoms with Crippen LogP contribution in [0.15, 0.2) is 63.2 Å². The van der Waals surface area contributed by atoms with Gasteiger partial charge >= 0.3 is 5.69 Å². The van der Waals surface area contributed by atoms with E-state index in [-0.39, 0.29) is 42.5 Å². The number of benzene rings is 2. The predicted molar refractivity (Wildman–Crippen MR) is 135 cm³/mol. The van der Waals surface area contributed by atoms with Crippen LogP contribution in [0.2, 0.25) is 0 Å². The van der Waals surface area contributed by atoms with Crippen molar-refractivity contribution < 1.29 is 9.59 Å². The molecule has 0 spiro atoms. The van der Waals surface area contributed by atoms with Gasteiger partial charge in [-0.2, -0.15) is 5.10 Å². The Kier molecular flexibility index (Phi) is 6.37. The summed E-state index contributed by atoms with van der Waals surface area (Å²) in [5, 5.41) is 5.57. The van der Waals surface area contributed by atoms with Crippen molar-refractivity contribution in [2.75, 3.05) is 22.7 Å². The van der Waals surface area contributed by atoms with Crippen molar-refractivity contribution in [3.8, 4) is 0 Å². The molecule has 3 N–H and O–H groups in total. The average Bonchev–Trinajstić information content (AvgIpc) is 2.83. The fourth-order valence-corrected chi connectivity index (χ4v) is 3.96. The van der Waals surface area contributed by atoms with E-state index >= 15 is 0 Å². The zero-order valence-corrected chi connectivity index (χ0v) is 19.7. The Bertz CT molecular complexity index is 1460. The van der Waals surface area contributed by atoms with E-state index in [0.717, 1.165) is 21.6 Å². The van der Waals surface area contributed by atoms with Crippen molar-refractivity contribution in [1.82, 2.24) is 9.55 Å². The number of anilines is 3. The molecule has 0 saturated carbocycles. The quantitative estimate of drug-likeness (QED) is 0.583. The number of hydrogen-bond donors (Lipinski definition) is 2. The van der Waals surface area contributed by atoms with Gasteiger partial charge in [0.05, 0.1) is 12.2 Å². The van der Waals surface area contributed by atoms with Gasteiger partial charge in [0.15, 0.2) is 5.69 Å². The molecule has 4 rings (SSSR count). The first-order valence-corrected chi connectivity index (χ1v) is 11.1. The number of nitrogens with zero attached hydrogens (tertiary/aromatic N) is 4. The van der Waals surface area contributed by atoms with Crippen molar-refractivity contribution in [3.05, 3.63) is 86.1 Å². The van der Waals surface area contributed by atoms with E-state index in [1.165, 1.54) is 16.6 Å². The summed E-state index contributed by atoms with van der Waals surface area (Å²) >= 11 is 0. The minimum Gasteiger partial charge on any atom is -0.383 e. The van der Waals surface area contributed by atoms with E-state index in [2.05, 4.69) is 10.1 Å². The van der Waals surface area contributed by atoms with Crippen LogP contribution in [-0.2, 0) is 16.1 Å². The molecule has 10 heteroatoms. The van der Waals surface area contributed by atoms with Crippen molar-refractivity contribution >= 4 is 34.7 Å². The number of nitrogens with one attached hydrogen (secondary N) is 1. The highest BCUT2D eigenvalue weighted by atomic mass is 16.2. The minimum absolute atomic E-state index is 0.0884. The number of hydrazone groups is 1. The first-order chi connectivity index (χ1) is 16.7. The second-order valence-corrected chi connectivity index (χ2v) is 8.47. The van der Waals surface area contributed by atoms with E-state index in [9.17, 15) is 19.2 Å². The number of nitrogen functional groups attached to an aromatic ring is 1. The zero-order valence-electron chi connectivity index (χ0n) is 19.7. The molecule has 2 amide bonds. The first kappa shape index (κ1) is 23.7. The van der Waals surface area contributed by atoms with Crippen LogP contribution in [0.25, 0.3) is 0 Å². The molecule has 0 saturated heterocycles. The van der Waals surface area contributed by atoms with Crippen molar-refractivity contribution in [3.63, 3.8) is 0 Å². The van der Waals surface area contributed by atoms with Crippen molar-refractivity contribution in [2.24, 2.45) is 5.10 Å². The summed E-state index contributed by atoms with van der Waals surface area (Å²) < 4.78 is 1.20. The van der Waals surface area contributed by atoms with Crippen molar-refractivity contribution in [2.45, 2.75) is 33.2 Å². The highest BCUT2D eigenvalue weighted by molar-refractivity contribution is 6.44. The number of aromatic nitrogens is 2. The lowest BCUT2D eigenvalue weighted by Gasteiger charge is -2.27. The number of nitrogens with two attached hydrogens (primary N) is 1. The highest BCUT2D eigenvalue weighted by Gasteiger charge is 2.30. The van der Waals surface area contributed by atoms with Gasteiger partial charge in [-0.15, -0.1) is 0 Å². The molecule has 0 unspecified atom stereocenters. The number of amides is 2. The van der Waals surface area contributed by atoms with Gasteiger partial charge in [0.25, 0.3) is 11.5 Å². The SMILES string of the molecule is Cc1ccc(C)c(N2N=C(C(=O)N(C)c3c(N)n(Cc4ccccc4)c(=O)[nH]c3=O)CCC2=O)c1. The second-order valence-electron chi connectivity index (χ2n) is 8.47. The number of carbonyl (C=O) groups excluding carboxylic acids is 2. The van der Waals surface area contributed by atoms with Crippen molar-refractivity contribution in [1.29, 1.82) is 0 Å². The Labute approximate surface area is 201 Å². The molecule has 1 aliphatic rings. The Morgan fingerprint density at radius 3 is 2.51 bits per heavy atom. The van der Waals surface area contributed by atoms with Gasteiger partial charge in [0.2, 0.25) is 5.91 Å². The summed E-state index contributed by atoms with van der Waals surface area (Å²) in [5.41, 5.74) is 7.88. The molecule has 2 aromatic carbocycles. The summed E-state index contributed by atoms with van der Waals surface area (Å²) in [6.07, 6.45) is 0.204. The average molecular weight is 475 g/mol. The third kappa shape index (κ3) is 4.63. The van der Waals surface area contributed by atoms with Gasteiger partial charge in [-0.3, -0.25) is 23.9 Å². The highest BCUT2D eigenvalue weighted by Crippen LogP contribution is 2.26. The van der Waals surface area contributed by atoms with Crippen LogP contribution in [0.5, 0.6) is 0 Å². The van der Waals surface area contributed by atoms with Gasteiger partial charge < -0.3 is 10.6 Å². The summed E-state index contributed by atoms with van der Waals surface area (Å²) in [6, 6.07) is 14.8. The van der Waals surface area contributed by atoms with Crippen LogP contribution in [-0.4, -0.2) is 34.1 Å². The van der Waals surface area contributed by atoms with Crippen LogP contribution in [0, 0.1) is 13.8 Å². The van der Waals surface area contributed by atoms with Gasteiger partial charge in [0.1, 0.15) is 11.5 Å². The predicted octanol–water partition coefficient (Wildman–Crippen LogP) is 1.93. The molecule has 0 radical (unpaired) electrons. The number of carbonyl (C=O) groups is 2. The minimum atomic E-state index is -0.786. The molecule has 10 nitrogen and oxygen atoms in total. The Hall–Kier alpha value is -4.47. The van der Waals surface area contributed by atoms with Crippen LogP contribution in [0.3, 0.4) is 0 Å². The van der Waals surface area contributed by atoms with E-state index < -0.39 is 17.2 Å². The third-order valence-corrected chi connectivity index (χ3v) is 5.91.